The molecule has 0 saturated heterocycles. The summed E-state index contributed by atoms with van der Waals surface area (Å²) in [4.78, 5) is 5.99. The summed E-state index contributed by atoms with van der Waals surface area (Å²) in [6.07, 6.45) is 0.583. The molecule has 7 heteroatoms. The molecule has 0 bridgehead atoms. The topological polar surface area (TPSA) is 16.1 Å². The molecule has 0 unspecified atom stereocenters. The predicted octanol–water partition coefficient (Wildman–Crippen LogP) is 4.90. The molecular weight excluding hydrogens is 357 g/mol. The molecule has 112 valence electrons. The molecule has 1 aromatic rings. The van der Waals surface area contributed by atoms with Crippen LogP contribution in [0.4, 0.5) is 19.0 Å². The van der Waals surface area contributed by atoms with E-state index < -0.39 is 11.7 Å². The first-order valence-corrected chi connectivity index (χ1v) is 7.98. The van der Waals surface area contributed by atoms with E-state index in [1.54, 1.807) is 0 Å². The van der Waals surface area contributed by atoms with E-state index in [1.807, 2.05) is 4.90 Å². The number of pyridine rings is 1. The third kappa shape index (κ3) is 3.58. The number of halogens is 5. The molecule has 20 heavy (non-hydrogen) atoms. The van der Waals surface area contributed by atoms with E-state index in [4.69, 9.17) is 11.6 Å². The lowest BCUT2D eigenvalue weighted by Crippen LogP contribution is -2.41. The highest BCUT2D eigenvalue weighted by atomic mass is 79.9. The van der Waals surface area contributed by atoms with Gasteiger partial charge in [0.05, 0.1) is 10.6 Å². The Kier molecular flexibility index (Phi) is 5.18. The summed E-state index contributed by atoms with van der Waals surface area (Å²) in [6.45, 7) is 0.744. The number of alkyl halides is 4. The normalized spacial score (nSPS) is 16.1. The average molecular weight is 372 g/mol. The Morgan fingerprint density at radius 2 is 2.10 bits per heavy atom. The predicted molar refractivity (Wildman–Crippen MR) is 77.6 cm³/mol. The van der Waals surface area contributed by atoms with E-state index in [9.17, 15) is 13.2 Å². The molecule has 0 radical (unpaired) electrons. The molecule has 1 aliphatic rings. The van der Waals surface area contributed by atoms with Crippen LogP contribution in [0.15, 0.2) is 12.3 Å². The van der Waals surface area contributed by atoms with Crippen molar-refractivity contribution < 1.29 is 13.2 Å². The number of hydrogen-bond acceptors (Lipinski definition) is 2. The SMILES string of the molecule is FC(F)(F)c1cnc(N(CCCBr)C2CCC2)c(Cl)c1. The van der Waals surface area contributed by atoms with Crippen molar-refractivity contribution in [3.63, 3.8) is 0 Å². The molecule has 0 aromatic carbocycles. The second-order valence-electron chi connectivity index (χ2n) is 4.85. The van der Waals surface area contributed by atoms with Gasteiger partial charge in [-0.2, -0.15) is 13.2 Å². The maximum absolute atomic E-state index is 12.6. The van der Waals surface area contributed by atoms with Gasteiger partial charge in [0.25, 0.3) is 0 Å². The van der Waals surface area contributed by atoms with Crippen molar-refractivity contribution in [3.05, 3.63) is 22.8 Å². The average Bonchev–Trinajstić information content (AvgIpc) is 2.31. The fourth-order valence-electron chi connectivity index (χ4n) is 2.19. The van der Waals surface area contributed by atoms with Crippen molar-refractivity contribution in [1.29, 1.82) is 0 Å². The number of hydrogen-bond donors (Lipinski definition) is 0. The summed E-state index contributed by atoms with van der Waals surface area (Å²) in [5.41, 5.74) is -0.805. The molecule has 0 spiro atoms. The molecule has 0 aliphatic heterocycles. The Balaban J connectivity index is 2.24. The van der Waals surface area contributed by atoms with Gasteiger partial charge in [0.1, 0.15) is 5.82 Å². The molecule has 1 aromatic heterocycles. The van der Waals surface area contributed by atoms with E-state index in [-0.39, 0.29) is 5.02 Å². The lowest BCUT2D eigenvalue weighted by atomic mass is 9.91. The third-order valence-corrected chi connectivity index (χ3v) is 4.31. The number of rotatable bonds is 5. The van der Waals surface area contributed by atoms with Crippen molar-refractivity contribution in [2.24, 2.45) is 0 Å². The van der Waals surface area contributed by atoms with E-state index in [1.165, 1.54) is 0 Å². The molecule has 0 N–H and O–H groups in total. The number of aromatic nitrogens is 1. The summed E-state index contributed by atoms with van der Waals surface area (Å²) >= 11 is 9.39. The smallest absolute Gasteiger partial charge is 0.352 e. The number of anilines is 1. The zero-order valence-electron chi connectivity index (χ0n) is 10.8. The fourth-order valence-corrected chi connectivity index (χ4v) is 2.71. The van der Waals surface area contributed by atoms with Crippen LogP contribution in [-0.2, 0) is 6.18 Å². The maximum atomic E-state index is 12.6. The molecule has 1 saturated carbocycles. The molecular formula is C13H15BrClF3N2. The van der Waals surface area contributed by atoms with Gasteiger partial charge in [-0.1, -0.05) is 27.5 Å². The van der Waals surface area contributed by atoms with Crippen LogP contribution in [0.1, 0.15) is 31.2 Å². The van der Waals surface area contributed by atoms with Crippen molar-refractivity contribution >= 4 is 33.3 Å². The van der Waals surface area contributed by atoms with Crippen molar-refractivity contribution in [1.82, 2.24) is 4.98 Å². The molecule has 1 heterocycles. The third-order valence-electron chi connectivity index (χ3n) is 3.47. The highest BCUT2D eigenvalue weighted by Crippen LogP contribution is 2.36. The highest BCUT2D eigenvalue weighted by molar-refractivity contribution is 9.09. The maximum Gasteiger partial charge on any atom is 0.417 e. The van der Waals surface area contributed by atoms with E-state index in [2.05, 4.69) is 20.9 Å². The summed E-state index contributed by atoms with van der Waals surface area (Å²) in [5, 5.41) is 0.912. The lowest BCUT2D eigenvalue weighted by Gasteiger charge is -2.39. The molecule has 2 rings (SSSR count). The summed E-state index contributed by atoms with van der Waals surface area (Å²) in [6, 6.07) is 1.31. The van der Waals surface area contributed by atoms with Crippen molar-refractivity contribution in [2.75, 3.05) is 16.8 Å². The zero-order chi connectivity index (χ0) is 14.8. The lowest BCUT2D eigenvalue weighted by molar-refractivity contribution is -0.137. The van der Waals surface area contributed by atoms with E-state index >= 15 is 0 Å². The first-order valence-electron chi connectivity index (χ1n) is 6.49. The molecule has 0 amide bonds. The van der Waals surface area contributed by atoms with Crippen molar-refractivity contribution in [3.8, 4) is 0 Å². The Morgan fingerprint density at radius 3 is 2.55 bits per heavy atom. The van der Waals surface area contributed by atoms with Crippen molar-refractivity contribution in [2.45, 2.75) is 37.9 Å². The van der Waals surface area contributed by atoms with Crippen LogP contribution in [0.5, 0.6) is 0 Å². The first-order chi connectivity index (χ1) is 9.43. The minimum Gasteiger partial charge on any atom is -0.352 e. The van der Waals surface area contributed by atoms with Gasteiger partial charge in [-0.05, 0) is 31.7 Å². The van der Waals surface area contributed by atoms with E-state index in [0.717, 1.165) is 49.8 Å². The van der Waals surface area contributed by atoms with Gasteiger partial charge in [0.15, 0.2) is 0 Å². The molecule has 1 aliphatic carbocycles. The van der Waals surface area contributed by atoms with Gasteiger partial charge >= 0.3 is 6.18 Å². The van der Waals surface area contributed by atoms with Crippen LogP contribution < -0.4 is 4.90 Å². The van der Waals surface area contributed by atoms with Gasteiger partial charge in [-0.25, -0.2) is 4.98 Å². The molecule has 0 atom stereocenters. The largest absolute Gasteiger partial charge is 0.417 e. The number of nitrogens with zero attached hydrogens (tertiary/aromatic N) is 2. The fraction of sp³-hybridized carbons (Fsp3) is 0.615. The first kappa shape index (κ1) is 15.9. The van der Waals surface area contributed by atoms with Crippen LogP contribution >= 0.6 is 27.5 Å². The minimum absolute atomic E-state index is 0.0706. The van der Waals surface area contributed by atoms with Gasteiger partial charge < -0.3 is 4.90 Å². The standard InChI is InChI=1S/C13H15BrClF3N2/c14-5-2-6-20(10-3-1-4-10)12-11(15)7-9(8-19-12)13(16,17)18/h7-8,10H,1-6H2. The Hall–Kier alpha value is -0.490. The Bertz CT molecular complexity index is 463. The van der Waals surface area contributed by atoms with Crippen LogP contribution in [0.2, 0.25) is 5.02 Å². The van der Waals surface area contributed by atoms with Crippen LogP contribution in [-0.4, -0.2) is 22.9 Å². The summed E-state index contributed by atoms with van der Waals surface area (Å²) in [7, 11) is 0. The van der Waals surface area contributed by atoms with Gasteiger partial charge in [0, 0.05) is 24.1 Å². The summed E-state index contributed by atoms with van der Waals surface area (Å²) < 4.78 is 37.9. The zero-order valence-corrected chi connectivity index (χ0v) is 13.1. The van der Waals surface area contributed by atoms with Gasteiger partial charge in [-0.3, -0.25) is 0 Å². The summed E-state index contributed by atoms with van der Waals surface area (Å²) in [5.74, 6) is 0.463. The second-order valence-corrected chi connectivity index (χ2v) is 6.05. The highest BCUT2D eigenvalue weighted by Gasteiger charge is 2.33. The van der Waals surface area contributed by atoms with Crippen LogP contribution in [0.25, 0.3) is 0 Å². The van der Waals surface area contributed by atoms with Gasteiger partial charge in [-0.15, -0.1) is 0 Å². The second kappa shape index (κ2) is 6.52. The molecule has 1 fully saturated rings. The quantitative estimate of drug-likeness (QED) is 0.685. The Morgan fingerprint density at radius 1 is 1.40 bits per heavy atom. The van der Waals surface area contributed by atoms with E-state index in [0.29, 0.717) is 11.9 Å². The van der Waals surface area contributed by atoms with Gasteiger partial charge in [0.2, 0.25) is 0 Å². The minimum atomic E-state index is -4.41. The van der Waals surface area contributed by atoms with Crippen LogP contribution in [0, 0.1) is 0 Å². The molecule has 2 nitrogen and oxygen atoms in total. The van der Waals surface area contributed by atoms with Crippen LogP contribution in [0.3, 0.4) is 0 Å². The monoisotopic (exact) mass is 370 g/mol. The Labute approximate surface area is 129 Å².